The number of sulfonamides is 1. The maximum absolute atomic E-state index is 12.8. The number of amides is 1. The molecule has 2 heterocycles. The molecule has 1 aromatic heterocycles. The number of benzene rings is 2. The number of piperidine rings is 1. The van der Waals surface area contributed by atoms with Crippen molar-refractivity contribution in [2.45, 2.75) is 18.6 Å². The van der Waals surface area contributed by atoms with Crippen LogP contribution in [0.5, 0.6) is 0 Å². The summed E-state index contributed by atoms with van der Waals surface area (Å²) in [7, 11) is -0.00114. The van der Waals surface area contributed by atoms with Crippen molar-refractivity contribution in [3.63, 3.8) is 0 Å². The molecule has 9 heteroatoms. The molecule has 1 aliphatic rings. The van der Waals surface area contributed by atoms with E-state index in [-0.39, 0.29) is 23.3 Å². The Labute approximate surface area is 181 Å². The van der Waals surface area contributed by atoms with Crippen LogP contribution in [0.25, 0.3) is 11.0 Å². The minimum absolute atomic E-state index is 0.0273. The molecule has 0 bridgehead atoms. The van der Waals surface area contributed by atoms with Gasteiger partial charge in [0.1, 0.15) is 0 Å². The first-order chi connectivity index (χ1) is 14.8. The van der Waals surface area contributed by atoms with Crippen molar-refractivity contribution in [3.8, 4) is 0 Å². The fraction of sp³-hybridized carbons (Fsp3) is 0.364. The first kappa shape index (κ1) is 21.3. The first-order valence-corrected chi connectivity index (χ1v) is 11.9. The standard InChI is InChI=1S/C22H26N4O4S/c1-24-19-9-8-18(14-20(19)25(2)22(24)28)23-21(27)17-10-12-26(13-11-17)31(29,30)15-16-6-4-3-5-7-16/h3-9,14,17H,10-13,15H2,1-2H3,(H,23,27). The van der Waals surface area contributed by atoms with E-state index in [1.54, 1.807) is 47.5 Å². The minimum atomic E-state index is -3.41. The topological polar surface area (TPSA) is 93.4 Å². The number of fused-ring (bicyclic) bond motifs is 1. The number of carbonyl (C=O) groups excluding carboxylic acids is 1. The zero-order valence-corrected chi connectivity index (χ0v) is 18.4. The normalized spacial score (nSPS) is 15.9. The van der Waals surface area contributed by atoms with Crippen molar-refractivity contribution in [2.24, 2.45) is 20.0 Å². The Morgan fingerprint density at radius 1 is 1.00 bits per heavy atom. The predicted molar refractivity (Wildman–Crippen MR) is 120 cm³/mol. The Balaban J connectivity index is 1.39. The summed E-state index contributed by atoms with van der Waals surface area (Å²) < 4.78 is 30.0. The Morgan fingerprint density at radius 2 is 1.65 bits per heavy atom. The number of aryl methyl sites for hydroxylation is 2. The Bertz CT molecular complexity index is 1270. The molecule has 8 nitrogen and oxygen atoms in total. The largest absolute Gasteiger partial charge is 0.328 e. The van der Waals surface area contributed by atoms with E-state index in [0.29, 0.717) is 31.6 Å². The lowest BCUT2D eigenvalue weighted by atomic mass is 9.97. The molecule has 2 aromatic carbocycles. The van der Waals surface area contributed by atoms with E-state index in [2.05, 4.69) is 5.32 Å². The molecule has 4 rings (SSSR count). The number of nitrogens with one attached hydrogen (secondary N) is 1. The van der Waals surface area contributed by atoms with Gasteiger partial charge in [0.15, 0.2) is 0 Å². The van der Waals surface area contributed by atoms with Crippen LogP contribution in [-0.4, -0.2) is 40.9 Å². The monoisotopic (exact) mass is 442 g/mol. The molecule has 0 unspecified atom stereocenters. The summed E-state index contributed by atoms with van der Waals surface area (Å²) in [5, 5.41) is 2.92. The van der Waals surface area contributed by atoms with Crippen LogP contribution >= 0.6 is 0 Å². The van der Waals surface area contributed by atoms with Gasteiger partial charge >= 0.3 is 5.69 Å². The van der Waals surface area contributed by atoms with Crippen LogP contribution in [0.1, 0.15) is 18.4 Å². The third kappa shape index (κ3) is 4.28. The number of anilines is 1. The number of rotatable bonds is 5. The molecule has 164 valence electrons. The van der Waals surface area contributed by atoms with Gasteiger partial charge in [0.2, 0.25) is 15.9 Å². The second-order valence-electron chi connectivity index (χ2n) is 8.01. The number of imidazole rings is 1. The lowest BCUT2D eigenvalue weighted by Gasteiger charge is -2.30. The zero-order valence-electron chi connectivity index (χ0n) is 17.6. The van der Waals surface area contributed by atoms with E-state index in [0.717, 1.165) is 16.6 Å². The number of hydrogen-bond donors (Lipinski definition) is 1. The van der Waals surface area contributed by atoms with Crippen LogP contribution < -0.4 is 11.0 Å². The highest BCUT2D eigenvalue weighted by atomic mass is 32.2. The molecule has 0 radical (unpaired) electrons. The summed E-state index contributed by atoms with van der Waals surface area (Å²) in [6.07, 6.45) is 0.956. The van der Waals surface area contributed by atoms with Gasteiger partial charge in [-0.25, -0.2) is 17.5 Å². The van der Waals surface area contributed by atoms with Crippen molar-refractivity contribution in [3.05, 3.63) is 64.6 Å². The van der Waals surface area contributed by atoms with Gasteiger partial charge < -0.3 is 5.32 Å². The molecule has 0 atom stereocenters. The van der Waals surface area contributed by atoms with Crippen LogP contribution in [0.4, 0.5) is 5.69 Å². The Morgan fingerprint density at radius 3 is 2.32 bits per heavy atom. The zero-order chi connectivity index (χ0) is 22.2. The summed E-state index contributed by atoms with van der Waals surface area (Å²) in [5.41, 5.74) is 2.79. The van der Waals surface area contributed by atoms with Crippen LogP contribution in [0.3, 0.4) is 0 Å². The van der Waals surface area contributed by atoms with Gasteiger partial charge in [-0.2, -0.15) is 0 Å². The van der Waals surface area contributed by atoms with E-state index >= 15 is 0 Å². The number of nitrogens with zero attached hydrogens (tertiary/aromatic N) is 3. The van der Waals surface area contributed by atoms with Crippen molar-refractivity contribution in [2.75, 3.05) is 18.4 Å². The molecular weight excluding hydrogens is 416 g/mol. The van der Waals surface area contributed by atoms with Gasteiger partial charge in [-0.15, -0.1) is 0 Å². The highest BCUT2D eigenvalue weighted by Gasteiger charge is 2.31. The Kier molecular flexibility index (Phi) is 5.72. The maximum Gasteiger partial charge on any atom is 0.328 e. The van der Waals surface area contributed by atoms with E-state index < -0.39 is 10.0 Å². The highest BCUT2D eigenvalue weighted by molar-refractivity contribution is 7.88. The van der Waals surface area contributed by atoms with Gasteiger partial charge in [0.05, 0.1) is 16.8 Å². The van der Waals surface area contributed by atoms with Gasteiger partial charge in [0.25, 0.3) is 0 Å². The third-order valence-corrected chi connectivity index (χ3v) is 7.80. The molecule has 3 aromatic rings. The van der Waals surface area contributed by atoms with Gasteiger partial charge in [-0.1, -0.05) is 30.3 Å². The number of carbonyl (C=O) groups is 1. The Hall–Kier alpha value is -2.91. The fourth-order valence-corrected chi connectivity index (χ4v) is 5.66. The quantitative estimate of drug-likeness (QED) is 0.655. The molecule has 0 spiro atoms. The van der Waals surface area contributed by atoms with Gasteiger partial charge in [0, 0.05) is 38.8 Å². The molecule has 1 saturated heterocycles. The molecule has 31 heavy (non-hydrogen) atoms. The van der Waals surface area contributed by atoms with Crippen molar-refractivity contribution < 1.29 is 13.2 Å². The lowest BCUT2D eigenvalue weighted by Crippen LogP contribution is -2.41. The smallest absolute Gasteiger partial charge is 0.326 e. The maximum atomic E-state index is 12.8. The molecule has 1 N–H and O–H groups in total. The van der Waals surface area contributed by atoms with Gasteiger partial charge in [-0.05, 0) is 36.6 Å². The highest BCUT2D eigenvalue weighted by Crippen LogP contribution is 2.24. The summed E-state index contributed by atoms with van der Waals surface area (Å²) >= 11 is 0. The van der Waals surface area contributed by atoms with Crippen LogP contribution in [-0.2, 0) is 34.7 Å². The summed E-state index contributed by atoms with van der Waals surface area (Å²) in [6.45, 7) is 0.666. The predicted octanol–water partition coefficient (Wildman–Crippen LogP) is 2.06. The van der Waals surface area contributed by atoms with Crippen LogP contribution in [0.2, 0.25) is 0 Å². The van der Waals surface area contributed by atoms with E-state index in [1.807, 2.05) is 24.3 Å². The molecule has 1 fully saturated rings. The second kappa shape index (κ2) is 8.32. The van der Waals surface area contributed by atoms with Crippen molar-refractivity contribution >= 4 is 32.7 Å². The molecule has 0 aliphatic carbocycles. The fourth-order valence-electron chi connectivity index (χ4n) is 4.10. The molecule has 0 saturated carbocycles. The second-order valence-corrected chi connectivity index (χ2v) is 9.98. The summed E-state index contributed by atoms with van der Waals surface area (Å²) in [4.78, 5) is 24.8. The van der Waals surface area contributed by atoms with E-state index in [9.17, 15) is 18.0 Å². The average molecular weight is 443 g/mol. The first-order valence-electron chi connectivity index (χ1n) is 10.2. The number of hydrogen-bond acceptors (Lipinski definition) is 4. The molecule has 1 aliphatic heterocycles. The number of aromatic nitrogens is 2. The summed E-state index contributed by atoms with van der Waals surface area (Å²) in [6, 6.07) is 14.5. The van der Waals surface area contributed by atoms with Crippen LogP contribution in [0, 0.1) is 5.92 Å². The van der Waals surface area contributed by atoms with Crippen molar-refractivity contribution in [1.29, 1.82) is 0 Å². The van der Waals surface area contributed by atoms with Crippen molar-refractivity contribution in [1.82, 2.24) is 13.4 Å². The minimum Gasteiger partial charge on any atom is -0.326 e. The molecular formula is C22H26N4O4S. The average Bonchev–Trinajstić information content (AvgIpc) is 2.98. The third-order valence-electron chi connectivity index (χ3n) is 5.95. The van der Waals surface area contributed by atoms with Crippen LogP contribution in [0.15, 0.2) is 53.3 Å². The lowest BCUT2D eigenvalue weighted by molar-refractivity contribution is -0.120. The van der Waals surface area contributed by atoms with Gasteiger partial charge in [-0.3, -0.25) is 13.9 Å². The SMILES string of the molecule is Cn1c(=O)n(C)c2cc(NC(=O)C3CCN(S(=O)(=O)Cc4ccccc4)CC3)ccc21. The molecule has 1 amide bonds. The summed E-state index contributed by atoms with van der Waals surface area (Å²) in [5.74, 6) is -0.403. The van der Waals surface area contributed by atoms with E-state index in [4.69, 9.17) is 0 Å². The van der Waals surface area contributed by atoms with E-state index in [1.165, 1.54) is 4.31 Å².